The van der Waals surface area contributed by atoms with Crippen LogP contribution < -0.4 is 5.32 Å². The molecule has 2 aromatic rings. The average Bonchev–Trinajstić information content (AvgIpc) is 3.22. The van der Waals surface area contributed by atoms with E-state index in [2.05, 4.69) is 15.3 Å². The van der Waals surface area contributed by atoms with Crippen molar-refractivity contribution in [1.29, 1.82) is 0 Å². The summed E-state index contributed by atoms with van der Waals surface area (Å²) in [4.78, 5) is 19.8. The van der Waals surface area contributed by atoms with Gasteiger partial charge in [-0.1, -0.05) is 35.3 Å². The van der Waals surface area contributed by atoms with Crippen LogP contribution in [0.2, 0.25) is 10.2 Å². The highest BCUT2D eigenvalue weighted by molar-refractivity contribution is 6.32. The number of anilines is 1. The maximum atomic E-state index is 12.1. The normalized spacial score (nSPS) is 20.5. The molecule has 0 spiro atoms. The molecule has 0 bridgehead atoms. The number of carbonyl (C=O) groups excluding carboxylic acids is 1. The van der Waals surface area contributed by atoms with Crippen molar-refractivity contribution in [3.05, 3.63) is 52.5 Å². The second-order valence-corrected chi connectivity index (χ2v) is 5.51. The van der Waals surface area contributed by atoms with Gasteiger partial charge >= 0.3 is 0 Å². The Bertz CT molecular complexity index is 662. The number of nitrogens with zero attached hydrogens (tertiary/aromatic N) is 2. The van der Waals surface area contributed by atoms with Crippen LogP contribution in [-0.2, 0) is 4.79 Å². The van der Waals surface area contributed by atoms with Crippen molar-refractivity contribution in [2.45, 2.75) is 12.3 Å². The highest BCUT2D eigenvalue weighted by Crippen LogP contribution is 2.48. The summed E-state index contributed by atoms with van der Waals surface area (Å²) in [5.74, 6) is 0.105. The van der Waals surface area contributed by atoms with Crippen LogP contribution >= 0.6 is 23.2 Å². The Balaban J connectivity index is 1.68. The first-order chi connectivity index (χ1) is 9.65. The van der Waals surface area contributed by atoms with Crippen LogP contribution in [0.1, 0.15) is 17.9 Å². The van der Waals surface area contributed by atoms with E-state index in [4.69, 9.17) is 23.2 Å². The van der Waals surface area contributed by atoms with Crippen molar-refractivity contribution in [1.82, 2.24) is 9.97 Å². The van der Waals surface area contributed by atoms with Crippen LogP contribution in [0.3, 0.4) is 0 Å². The molecular weight excluding hydrogens is 297 g/mol. The summed E-state index contributed by atoms with van der Waals surface area (Å²) >= 11 is 11.8. The Morgan fingerprint density at radius 2 is 2.20 bits per heavy atom. The van der Waals surface area contributed by atoms with Crippen LogP contribution in [0, 0.1) is 5.92 Å². The largest absolute Gasteiger partial charge is 0.322 e. The van der Waals surface area contributed by atoms with Crippen LogP contribution in [0.15, 0.2) is 36.8 Å². The zero-order chi connectivity index (χ0) is 14.1. The number of hydrogen-bond acceptors (Lipinski definition) is 3. The van der Waals surface area contributed by atoms with E-state index in [1.54, 1.807) is 0 Å². The van der Waals surface area contributed by atoms with Gasteiger partial charge in [-0.05, 0) is 30.0 Å². The van der Waals surface area contributed by atoms with Crippen molar-refractivity contribution in [2.75, 3.05) is 5.32 Å². The van der Waals surface area contributed by atoms with Gasteiger partial charge in [-0.2, -0.15) is 0 Å². The molecule has 1 fully saturated rings. The van der Waals surface area contributed by atoms with Gasteiger partial charge in [0.15, 0.2) is 5.15 Å². The number of aromatic nitrogens is 2. The first-order valence-corrected chi connectivity index (χ1v) is 6.92. The second kappa shape index (κ2) is 5.38. The van der Waals surface area contributed by atoms with E-state index in [0.29, 0.717) is 10.7 Å². The molecule has 102 valence electrons. The Hall–Kier alpha value is -1.65. The summed E-state index contributed by atoms with van der Waals surface area (Å²) in [5.41, 5.74) is 1.53. The van der Waals surface area contributed by atoms with E-state index in [0.717, 1.165) is 12.0 Å². The molecule has 20 heavy (non-hydrogen) atoms. The van der Waals surface area contributed by atoms with E-state index in [1.165, 1.54) is 12.5 Å². The van der Waals surface area contributed by atoms with Gasteiger partial charge in [-0.15, -0.1) is 0 Å². The first-order valence-electron chi connectivity index (χ1n) is 6.17. The summed E-state index contributed by atoms with van der Waals surface area (Å²) < 4.78 is 0. The Kier molecular flexibility index (Phi) is 3.59. The van der Waals surface area contributed by atoms with Crippen LogP contribution in [0.25, 0.3) is 0 Å². The molecule has 6 heteroatoms. The lowest BCUT2D eigenvalue weighted by Gasteiger charge is -2.05. The lowest BCUT2D eigenvalue weighted by Crippen LogP contribution is -2.15. The third kappa shape index (κ3) is 2.76. The van der Waals surface area contributed by atoms with Crippen molar-refractivity contribution >= 4 is 34.8 Å². The molecule has 1 amide bonds. The van der Waals surface area contributed by atoms with Gasteiger partial charge in [-0.25, -0.2) is 9.97 Å². The van der Waals surface area contributed by atoms with Gasteiger partial charge in [0.25, 0.3) is 0 Å². The molecule has 1 aromatic heterocycles. The van der Waals surface area contributed by atoms with E-state index >= 15 is 0 Å². The molecule has 3 rings (SSSR count). The van der Waals surface area contributed by atoms with Gasteiger partial charge in [0, 0.05) is 10.9 Å². The van der Waals surface area contributed by atoms with Crippen LogP contribution in [-0.4, -0.2) is 15.9 Å². The summed E-state index contributed by atoms with van der Waals surface area (Å²) in [7, 11) is 0. The minimum atomic E-state index is -0.0633. The zero-order valence-electron chi connectivity index (χ0n) is 10.4. The quantitative estimate of drug-likeness (QED) is 0.883. The fourth-order valence-corrected chi connectivity index (χ4v) is 2.55. The fraction of sp³-hybridized carbons (Fsp3) is 0.214. The van der Waals surface area contributed by atoms with Gasteiger partial charge in [0.05, 0.1) is 11.9 Å². The monoisotopic (exact) mass is 307 g/mol. The van der Waals surface area contributed by atoms with E-state index in [-0.39, 0.29) is 22.9 Å². The number of amides is 1. The van der Waals surface area contributed by atoms with Gasteiger partial charge < -0.3 is 5.32 Å². The lowest BCUT2D eigenvalue weighted by atomic mass is 10.1. The van der Waals surface area contributed by atoms with Crippen molar-refractivity contribution in [2.24, 2.45) is 5.92 Å². The molecule has 1 heterocycles. The highest BCUT2D eigenvalue weighted by atomic mass is 35.5. The number of nitrogens with one attached hydrogen (secondary N) is 1. The molecule has 1 N–H and O–H groups in total. The van der Waals surface area contributed by atoms with E-state index in [1.807, 2.05) is 24.3 Å². The Morgan fingerprint density at radius 1 is 1.35 bits per heavy atom. The van der Waals surface area contributed by atoms with Crippen molar-refractivity contribution in [3.8, 4) is 0 Å². The Labute approximate surface area is 126 Å². The average molecular weight is 308 g/mol. The molecule has 1 aliphatic rings. The summed E-state index contributed by atoms with van der Waals surface area (Å²) in [6, 6.07) is 7.61. The Morgan fingerprint density at radius 3 is 2.95 bits per heavy atom. The molecule has 0 aliphatic heterocycles. The van der Waals surface area contributed by atoms with Crippen molar-refractivity contribution < 1.29 is 4.79 Å². The summed E-state index contributed by atoms with van der Waals surface area (Å²) in [6.07, 6.45) is 3.64. The van der Waals surface area contributed by atoms with E-state index in [9.17, 15) is 4.79 Å². The first kappa shape index (κ1) is 13.3. The molecular formula is C14H11Cl2N3O. The number of benzene rings is 1. The fourth-order valence-electron chi connectivity index (χ4n) is 2.21. The van der Waals surface area contributed by atoms with Gasteiger partial charge in [0.2, 0.25) is 5.91 Å². The predicted molar refractivity (Wildman–Crippen MR) is 78.0 cm³/mol. The number of halogens is 2. The predicted octanol–water partition coefficient (Wildman–Crippen LogP) is 3.53. The number of carbonyl (C=O) groups is 1. The molecule has 0 saturated heterocycles. The maximum absolute atomic E-state index is 12.1. The molecule has 2 atom stereocenters. The zero-order valence-corrected chi connectivity index (χ0v) is 11.9. The maximum Gasteiger partial charge on any atom is 0.228 e. The van der Waals surface area contributed by atoms with Crippen LogP contribution in [0.5, 0.6) is 0 Å². The lowest BCUT2D eigenvalue weighted by molar-refractivity contribution is -0.117. The SMILES string of the molecule is O=C(Nc1cncnc1Cl)[C@H]1C[C@@H]1c1cccc(Cl)c1. The molecule has 1 aliphatic carbocycles. The van der Waals surface area contributed by atoms with Crippen LogP contribution in [0.4, 0.5) is 5.69 Å². The molecule has 1 aromatic carbocycles. The highest BCUT2D eigenvalue weighted by Gasteiger charge is 2.44. The van der Waals surface area contributed by atoms with Gasteiger partial charge in [-0.3, -0.25) is 4.79 Å². The molecule has 4 nitrogen and oxygen atoms in total. The topological polar surface area (TPSA) is 54.9 Å². The smallest absolute Gasteiger partial charge is 0.228 e. The number of hydrogen-bond donors (Lipinski definition) is 1. The molecule has 0 radical (unpaired) electrons. The minimum absolute atomic E-state index is 0.0512. The third-order valence-electron chi connectivity index (χ3n) is 3.33. The summed E-state index contributed by atoms with van der Waals surface area (Å²) in [6.45, 7) is 0. The van der Waals surface area contributed by atoms with Gasteiger partial charge in [0.1, 0.15) is 6.33 Å². The molecule has 0 unspecified atom stereocenters. The van der Waals surface area contributed by atoms with E-state index < -0.39 is 0 Å². The standard InChI is InChI=1S/C14H11Cl2N3O/c15-9-3-1-2-8(4-9)10-5-11(10)14(20)19-12-6-17-7-18-13(12)16/h1-4,6-7,10-11H,5H2,(H,19,20)/t10-,11+/m1/s1. The van der Waals surface area contributed by atoms with Crippen molar-refractivity contribution in [3.63, 3.8) is 0 Å². The number of rotatable bonds is 3. The second-order valence-electron chi connectivity index (χ2n) is 4.72. The summed E-state index contributed by atoms with van der Waals surface area (Å²) in [5, 5.41) is 3.69. The minimum Gasteiger partial charge on any atom is -0.322 e. The third-order valence-corrected chi connectivity index (χ3v) is 3.86. The molecule has 1 saturated carbocycles.